The molecule has 0 radical (unpaired) electrons. The van der Waals surface area contributed by atoms with Gasteiger partial charge in [0.15, 0.2) is 0 Å². The fraction of sp³-hybridized carbons (Fsp3) is 0.357. The van der Waals surface area contributed by atoms with E-state index in [1.54, 1.807) is 24.3 Å². The third-order valence-electron chi connectivity index (χ3n) is 3.49. The molecule has 1 amide bonds. The highest BCUT2D eigenvalue weighted by Gasteiger charge is 2.54. The summed E-state index contributed by atoms with van der Waals surface area (Å²) in [6, 6.07) is 6.61. The highest BCUT2D eigenvalue weighted by atomic mass is 19.4. The number of para-hydroxylation sites is 1. The lowest BCUT2D eigenvalue weighted by Gasteiger charge is -2.28. The second-order valence-electron chi connectivity index (χ2n) is 4.75. The van der Waals surface area contributed by atoms with E-state index in [2.05, 4.69) is 6.58 Å². The second-order valence-corrected chi connectivity index (χ2v) is 4.75. The SMILES string of the molecule is C=CCC1(CC(F)(F)F)C(=O)N(C)c2ccccc21. The smallest absolute Gasteiger partial charge is 0.314 e. The van der Waals surface area contributed by atoms with E-state index in [0.717, 1.165) is 0 Å². The number of halogens is 3. The first-order valence-electron chi connectivity index (χ1n) is 5.87. The molecule has 5 heteroatoms. The van der Waals surface area contributed by atoms with E-state index in [-0.39, 0.29) is 6.42 Å². The quantitative estimate of drug-likeness (QED) is 0.770. The largest absolute Gasteiger partial charge is 0.390 e. The summed E-state index contributed by atoms with van der Waals surface area (Å²) in [6.45, 7) is 3.49. The summed E-state index contributed by atoms with van der Waals surface area (Å²) in [5.41, 5.74) is -0.593. The van der Waals surface area contributed by atoms with Gasteiger partial charge in [0.1, 0.15) is 0 Å². The van der Waals surface area contributed by atoms with Gasteiger partial charge in [0.05, 0.1) is 11.8 Å². The van der Waals surface area contributed by atoms with Crippen molar-refractivity contribution in [1.82, 2.24) is 0 Å². The van der Waals surface area contributed by atoms with Crippen LogP contribution in [-0.4, -0.2) is 19.1 Å². The minimum absolute atomic E-state index is 0.0211. The first-order chi connectivity index (χ1) is 8.82. The summed E-state index contributed by atoms with van der Waals surface area (Å²) in [5.74, 6) is -0.522. The molecular formula is C14H14F3NO. The number of rotatable bonds is 3. The summed E-state index contributed by atoms with van der Waals surface area (Å²) in [5, 5.41) is 0. The van der Waals surface area contributed by atoms with E-state index in [9.17, 15) is 18.0 Å². The molecule has 2 rings (SSSR count). The second kappa shape index (κ2) is 4.40. The van der Waals surface area contributed by atoms with Gasteiger partial charge in [-0.2, -0.15) is 13.2 Å². The molecule has 1 aromatic rings. The number of likely N-dealkylation sites (N-methyl/N-ethyl adjacent to an activating group) is 1. The number of alkyl halides is 3. The van der Waals surface area contributed by atoms with Gasteiger partial charge >= 0.3 is 6.18 Å². The number of nitrogens with zero attached hydrogens (tertiary/aromatic N) is 1. The summed E-state index contributed by atoms with van der Waals surface area (Å²) in [6.07, 6.45) is -4.21. The van der Waals surface area contributed by atoms with Gasteiger partial charge in [-0.05, 0) is 18.1 Å². The molecule has 1 aliphatic rings. The topological polar surface area (TPSA) is 20.3 Å². The van der Waals surface area contributed by atoms with Gasteiger partial charge in [-0.25, -0.2) is 0 Å². The van der Waals surface area contributed by atoms with Crippen molar-refractivity contribution >= 4 is 11.6 Å². The highest BCUT2D eigenvalue weighted by Crippen LogP contribution is 2.49. The maximum Gasteiger partial charge on any atom is 0.390 e. The molecule has 1 aliphatic heterocycles. The Balaban J connectivity index is 2.60. The third kappa shape index (κ3) is 2.13. The fourth-order valence-electron chi connectivity index (χ4n) is 2.75. The zero-order valence-corrected chi connectivity index (χ0v) is 10.5. The molecule has 0 spiro atoms. The maximum absolute atomic E-state index is 12.9. The average Bonchev–Trinajstić information content (AvgIpc) is 2.52. The molecule has 19 heavy (non-hydrogen) atoms. The first kappa shape index (κ1) is 13.6. The molecule has 1 aromatic carbocycles. The Morgan fingerprint density at radius 3 is 2.58 bits per heavy atom. The number of benzene rings is 1. The molecular weight excluding hydrogens is 255 g/mol. The van der Waals surface area contributed by atoms with Crippen molar-refractivity contribution in [2.75, 3.05) is 11.9 Å². The van der Waals surface area contributed by atoms with Gasteiger partial charge < -0.3 is 4.90 Å². The van der Waals surface area contributed by atoms with Crippen molar-refractivity contribution in [3.63, 3.8) is 0 Å². The van der Waals surface area contributed by atoms with Crippen LogP contribution < -0.4 is 4.90 Å². The van der Waals surface area contributed by atoms with E-state index >= 15 is 0 Å². The predicted molar refractivity (Wildman–Crippen MR) is 67.0 cm³/mol. The van der Waals surface area contributed by atoms with Gasteiger partial charge in [0.2, 0.25) is 5.91 Å². The van der Waals surface area contributed by atoms with Crippen LogP contribution in [0.1, 0.15) is 18.4 Å². The van der Waals surface area contributed by atoms with Crippen LogP contribution in [0.3, 0.4) is 0 Å². The van der Waals surface area contributed by atoms with E-state index < -0.39 is 23.9 Å². The van der Waals surface area contributed by atoms with Crippen LogP contribution >= 0.6 is 0 Å². The van der Waals surface area contributed by atoms with Crippen LogP contribution in [0.15, 0.2) is 36.9 Å². The van der Waals surface area contributed by atoms with Gasteiger partial charge in [0, 0.05) is 12.7 Å². The van der Waals surface area contributed by atoms with E-state index in [1.807, 2.05) is 0 Å². The molecule has 102 valence electrons. The maximum atomic E-state index is 12.9. The Morgan fingerprint density at radius 1 is 1.37 bits per heavy atom. The number of fused-ring (bicyclic) bond motifs is 1. The Kier molecular flexibility index (Phi) is 3.16. The highest BCUT2D eigenvalue weighted by molar-refractivity contribution is 6.07. The van der Waals surface area contributed by atoms with Crippen LogP contribution in [0.5, 0.6) is 0 Å². The van der Waals surface area contributed by atoms with Crippen molar-refractivity contribution in [2.24, 2.45) is 0 Å². The molecule has 0 N–H and O–H groups in total. The number of carbonyl (C=O) groups excluding carboxylic acids is 1. The van der Waals surface area contributed by atoms with Crippen LogP contribution in [-0.2, 0) is 10.2 Å². The summed E-state index contributed by atoms with van der Waals surface area (Å²) >= 11 is 0. The normalized spacial score (nSPS) is 22.5. The summed E-state index contributed by atoms with van der Waals surface area (Å²) in [7, 11) is 1.50. The number of hydrogen-bond donors (Lipinski definition) is 0. The molecule has 1 unspecified atom stereocenters. The average molecular weight is 269 g/mol. The van der Waals surface area contributed by atoms with E-state index in [0.29, 0.717) is 11.3 Å². The lowest BCUT2D eigenvalue weighted by Crippen LogP contribution is -2.41. The number of hydrogen-bond acceptors (Lipinski definition) is 1. The van der Waals surface area contributed by atoms with Gasteiger partial charge in [-0.1, -0.05) is 24.3 Å². The molecule has 1 atom stereocenters. The zero-order valence-electron chi connectivity index (χ0n) is 10.5. The van der Waals surface area contributed by atoms with Crippen molar-refractivity contribution in [3.05, 3.63) is 42.5 Å². The molecule has 0 fully saturated rings. The number of anilines is 1. The number of carbonyl (C=O) groups is 1. The van der Waals surface area contributed by atoms with Crippen LogP contribution in [0.25, 0.3) is 0 Å². The predicted octanol–water partition coefficient (Wildman–Crippen LogP) is 3.43. The molecule has 0 saturated heterocycles. The molecule has 0 aliphatic carbocycles. The Morgan fingerprint density at radius 2 is 2.00 bits per heavy atom. The number of allylic oxidation sites excluding steroid dienone is 1. The molecule has 0 saturated carbocycles. The minimum Gasteiger partial charge on any atom is -0.314 e. The fourth-order valence-corrected chi connectivity index (χ4v) is 2.75. The first-order valence-corrected chi connectivity index (χ1v) is 5.87. The van der Waals surface area contributed by atoms with Gasteiger partial charge in [-0.15, -0.1) is 6.58 Å². The standard InChI is InChI=1S/C14H14F3NO/c1-3-8-13(9-14(15,16)17)10-6-4-5-7-11(10)18(2)12(13)19/h3-7H,1,8-9H2,2H3. The zero-order chi connectivity index (χ0) is 14.3. The van der Waals surface area contributed by atoms with Crippen LogP contribution in [0.4, 0.5) is 18.9 Å². The van der Waals surface area contributed by atoms with Crippen LogP contribution in [0, 0.1) is 0 Å². The molecule has 1 heterocycles. The number of amides is 1. The van der Waals surface area contributed by atoms with Crippen molar-refractivity contribution < 1.29 is 18.0 Å². The van der Waals surface area contributed by atoms with Crippen molar-refractivity contribution in [3.8, 4) is 0 Å². The molecule has 2 nitrogen and oxygen atoms in total. The van der Waals surface area contributed by atoms with E-state index in [1.165, 1.54) is 18.0 Å². The monoisotopic (exact) mass is 269 g/mol. The van der Waals surface area contributed by atoms with Gasteiger partial charge in [0.25, 0.3) is 0 Å². The molecule has 0 aromatic heterocycles. The van der Waals surface area contributed by atoms with E-state index in [4.69, 9.17) is 0 Å². The van der Waals surface area contributed by atoms with Crippen molar-refractivity contribution in [2.45, 2.75) is 24.4 Å². The minimum atomic E-state index is -4.41. The Hall–Kier alpha value is -1.78. The third-order valence-corrected chi connectivity index (χ3v) is 3.49. The summed E-state index contributed by atoms with van der Waals surface area (Å²) < 4.78 is 38.6. The summed E-state index contributed by atoms with van der Waals surface area (Å²) in [4.78, 5) is 13.6. The Labute approximate surface area is 109 Å². The Bertz CT molecular complexity index is 524. The van der Waals surface area contributed by atoms with Gasteiger partial charge in [-0.3, -0.25) is 4.79 Å². The lowest BCUT2D eigenvalue weighted by atomic mass is 9.75. The van der Waals surface area contributed by atoms with Crippen molar-refractivity contribution in [1.29, 1.82) is 0 Å². The lowest BCUT2D eigenvalue weighted by molar-refractivity contribution is -0.156. The van der Waals surface area contributed by atoms with Crippen LogP contribution in [0.2, 0.25) is 0 Å². The molecule has 0 bridgehead atoms.